The van der Waals surface area contributed by atoms with E-state index in [9.17, 15) is 0 Å². The third-order valence-electron chi connectivity index (χ3n) is 2.82. The molecule has 2 rings (SSSR count). The number of nitriles is 1. The number of nitrogens with two attached hydrogens (primary N) is 1. The topological polar surface area (TPSA) is 65.9 Å². The van der Waals surface area contributed by atoms with E-state index in [0.29, 0.717) is 18.2 Å². The van der Waals surface area contributed by atoms with Gasteiger partial charge in [0.05, 0.1) is 11.6 Å². The van der Waals surface area contributed by atoms with Gasteiger partial charge in [0.1, 0.15) is 5.82 Å². The highest BCUT2D eigenvalue weighted by atomic mass is 15.2. The van der Waals surface area contributed by atoms with Crippen LogP contribution in [0.4, 0.5) is 5.82 Å². The molecule has 1 fully saturated rings. The van der Waals surface area contributed by atoms with Crippen molar-refractivity contribution in [2.75, 3.05) is 18.0 Å². The van der Waals surface area contributed by atoms with Gasteiger partial charge in [-0.1, -0.05) is 0 Å². The van der Waals surface area contributed by atoms with E-state index in [1.165, 1.54) is 0 Å². The van der Waals surface area contributed by atoms with Crippen molar-refractivity contribution < 1.29 is 0 Å². The molecule has 15 heavy (non-hydrogen) atoms. The Balaban J connectivity index is 2.25. The average molecular weight is 202 g/mol. The van der Waals surface area contributed by atoms with Crippen LogP contribution in [0.2, 0.25) is 0 Å². The zero-order chi connectivity index (χ0) is 10.7. The summed E-state index contributed by atoms with van der Waals surface area (Å²) < 4.78 is 0. The molecule has 2 heterocycles. The van der Waals surface area contributed by atoms with Crippen molar-refractivity contribution in [3.05, 3.63) is 23.9 Å². The molecule has 4 heteroatoms. The minimum atomic E-state index is 0.381. The van der Waals surface area contributed by atoms with Gasteiger partial charge in [0, 0.05) is 25.3 Å². The van der Waals surface area contributed by atoms with Gasteiger partial charge in [-0.3, -0.25) is 0 Å². The fraction of sp³-hybridized carbons (Fsp3) is 0.455. The Kier molecular flexibility index (Phi) is 2.84. The molecule has 2 N–H and O–H groups in total. The molecule has 4 nitrogen and oxygen atoms in total. The Labute approximate surface area is 89.3 Å². The van der Waals surface area contributed by atoms with Crippen molar-refractivity contribution in [1.82, 2.24) is 4.98 Å². The van der Waals surface area contributed by atoms with Crippen LogP contribution in [0.25, 0.3) is 0 Å². The molecule has 1 aromatic heterocycles. The third-order valence-corrected chi connectivity index (χ3v) is 2.82. The van der Waals surface area contributed by atoms with Gasteiger partial charge in [-0.15, -0.1) is 0 Å². The maximum Gasteiger partial charge on any atom is 0.130 e. The summed E-state index contributed by atoms with van der Waals surface area (Å²) in [6.07, 6.45) is 3.95. The molecular weight excluding hydrogens is 188 g/mol. The Morgan fingerprint density at radius 2 is 2.53 bits per heavy atom. The van der Waals surface area contributed by atoms with Gasteiger partial charge < -0.3 is 10.6 Å². The van der Waals surface area contributed by atoms with Crippen LogP contribution in [-0.2, 0) is 0 Å². The van der Waals surface area contributed by atoms with Crippen molar-refractivity contribution in [2.24, 2.45) is 5.73 Å². The van der Waals surface area contributed by atoms with E-state index in [1.54, 1.807) is 12.3 Å². The first kappa shape index (κ1) is 9.94. The lowest BCUT2D eigenvalue weighted by Gasteiger charge is -2.24. The molecule has 1 aliphatic heterocycles. The van der Waals surface area contributed by atoms with Crippen LogP contribution in [0, 0.1) is 11.3 Å². The summed E-state index contributed by atoms with van der Waals surface area (Å²) in [4.78, 5) is 6.48. The normalized spacial score (nSPS) is 20.3. The number of anilines is 1. The highest BCUT2D eigenvalue weighted by molar-refractivity contribution is 5.46. The van der Waals surface area contributed by atoms with Gasteiger partial charge in [-0.25, -0.2) is 4.98 Å². The highest BCUT2D eigenvalue weighted by Crippen LogP contribution is 2.23. The number of rotatable bonds is 2. The summed E-state index contributed by atoms with van der Waals surface area (Å²) in [6, 6.07) is 6.05. The summed E-state index contributed by atoms with van der Waals surface area (Å²) in [7, 11) is 0. The molecule has 0 aromatic carbocycles. The van der Waals surface area contributed by atoms with Gasteiger partial charge in [0.15, 0.2) is 0 Å². The smallest absolute Gasteiger partial charge is 0.130 e. The van der Waals surface area contributed by atoms with Crippen LogP contribution in [0.5, 0.6) is 0 Å². The Morgan fingerprint density at radius 1 is 1.67 bits per heavy atom. The summed E-state index contributed by atoms with van der Waals surface area (Å²) in [5.74, 6) is 0.877. The van der Waals surface area contributed by atoms with E-state index in [-0.39, 0.29) is 0 Å². The lowest BCUT2D eigenvalue weighted by Crippen LogP contribution is -2.35. The number of pyridine rings is 1. The van der Waals surface area contributed by atoms with E-state index in [0.717, 1.165) is 25.2 Å². The molecule has 1 aliphatic rings. The van der Waals surface area contributed by atoms with Crippen LogP contribution in [0.1, 0.15) is 18.4 Å². The van der Waals surface area contributed by atoms with E-state index < -0.39 is 0 Å². The molecule has 0 radical (unpaired) electrons. The zero-order valence-corrected chi connectivity index (χ0v) is 8.56. The standard InChI is InChI=1S/C11H14N4/c12-7-9-3-4-14-11(6-9)15-5-1-2-10(15)8-13/h3-4,6,10H,1-2,5,8,13H2/t10-/m0/s1. The fourth-order valence-corrected chi connectivity index (χ4v) is 2.03. The quantitative estimate of drug-likeness (QED) is 0.773. The van der Waals surface area contributed by atoms with Crippen molar-refractivity contribution in [2.45, 2.75) is 18.9 Å². The van der Waals surface area contributed by atoms with Crippen molar-refractivity contribution in [3.63, 3.8) is 0 Å². The van der Waals surface area contributed by atoms with E-state index >= 15 is 0 Å². The molecule has 1 atom stereocenters. The van der Waals surface area contributed by atoms with E-state index in [1.807, 2.05) is 6.07 Å². The van der Waals surface area contributed by atoms with Crippen LogP contribution in [0.15, 0.2) is 18.3 Å². The van der Waals surface area contributed by atoms with Crippen LogP contribution in [-0.4, -0.2) is 24.1 Å². The van der Waals surface area contributed by atoms with E-state index in [2.05, 4.69) is 16.0 Å². The second-order valence-electron chi connectivity index (χ2n) is 3.74. The van der Waals surface area contributed by atoms with Crippen molar-refractivity contribution in [3.8, 4) is 6.07 Å². The molecule has 78 valence electrons. The van der Waals surface area contributed by atoms with Crippen molar-refractivity contribution in [1.29, 1.82) is 5.26 Å². The number of hydrogen-bond acceptors (Lipinski definition) is 4. The predicted molar refractivity (Wildman–Crippen MR) is 58.4 cm³/mol. The molecule has 0 unspecified atom stereocenters. The van der Waals surface area contributed by atoms with Gasteiger partial charge in [0.25, 0.3) is 0 Å². The molecule has 0 saturated carbocycles. The highest BCUT2D eigenvalue weighted by Gasteiger charge is 2.24. The summed E-state index contributed by atoms with van der Waals surface area (Å²) in [5, 5.41) is 8.81. The summed E-state index contributed by atoms with van der Waals surface area (Å²) in [6.45, 7) is 1.64. The lowest BCUT2D eigenvalue weighted by atomic mass is 10.2. The largest absolute Gasteiger partial charge is 0.352 e. The molecule has 0 bridgehead atoms. The lowest BCUT2D eigenvalue weighted by molar-refractivity contribution is 0.671. The SMILES string of the molecule is N#Cc1ccnc(N2CCC[C@H]2CN)c1. The molecule has 0 spiro atoms. The van der Waals surface area contributed by atoms with Gasteiger partial charge >= 0.3 is 0 Å². The molecular formula is C11H14N4. The van der Waals surface area contributed by atoms with Gasteiger partial charge in [0.2, 0.25) is 0 Å². The fourth-order valence-electron chi connectivity index (χ4n) is 2.03. The van der Waals surface area contributed by atoms with Crippen LogP contribution in [0.3, 0.4) is 0 Å². The van der Waals surface area contributed by atoms with Gasteiger partial charge in [-0.05, 0) is 25.0 Å². The third kappa shape index (κ3) is 1.92. The zero-order valence-electron chi connectivity index (χ0n) is 8.56. The average Bonchev–Trinajstić information content (AvgIpc) is 2.77. The van der Waals surface area contributed by atoms with Crippen molar-refractivity contribution >= 4 is 5.82 Å². The Bertz CT molecular complexity index is 382. The maximum absolute atomic E-state index is 8.81. The first-order valence-corrected chi connectivity index (χ1v) is 5.18. The molecule has 1 saturated heterocycles. The molecule has 1 aromatic rings. The Morgan fingerprint density at radius 3 is 3.27 bits per heavy atom. The monoisotopic (exact) mass is 202 g/mol. The first-order valence-electron chi connectivity index (χ1n) is 5.18. The van der Waals surface area contributed by atoms with E-state index in [4.69, 9.17) is 11.0 Å². The minimum absolute atomic E-state index is 0.381. The maximum atomic E-state index is 8.81. The molecule has 0 aliphatic carbocycles. The van der Waals surface area contributed by atoms with Crippen LogP contribution < -0.4 is 10.6 Å². The second kappa shape index (κ2) is 4.28. The van der Waals surface area contributed by atoms with Gasteiger partial charge in [-0.2, -0.15) is 5.26 Å². The number of hydrogen-bond donors (Lipinski definition) is 1. The second-order valence-corrected chi connectivity index (χ2v) is 3.74. The summed E-state index contributed by atoms with van der Waals surface area (Å²) in [5.41, 5.74) is 6.35. The van der Waals surface area contributed by atoms with Crippen LogP contribution >= 0.6 is 0 Å². The number of nitrogens with zero attached hydrogens (tertiary/aromatic N) is 3. The minimum Gasteiger partial charge on any atom is -0.352 e. The number of aromatic nitrogens is 1. The predicted octanol–water partition coefficient (Wildman–Crippen LogP) is 0.881. The molecule has 0 amide bonds. The Hall–Kier alpha value is -1.60. The first-order chi connectivity index (χ1) is 7.35. The summed E-state index contributed by atoms with van der Waals surface area (Å²) >= 11 is 0.